The van der Waals surface area contributed by atoms with E-state index in [9.17, 15) is 19.2 Å². The Morgan fingerprint density at radius 2 is 1.95 bits per heavy atom. The van der Waals surface area contributed by atoms with Crippen LogP contribution in [0.1, 0.15) is 61.3 Å². The highest BCUT2D eigenvalue weighted by Crippen LogP contribution is 2.33. The Hall–Kier alpha value is -4.79. The fourth-order valence-electron chi connectivity index (χ4n) is 5.10. The molecule has 228 valence electrons. The molecule has 1 fully saturated rings. The average Bonchev–Trinajstić information content (AvgIpc) is 3.30. The minimum atomic E-state index is -0.664. The SMILES string of the molecule is CC#CCn1c(N2CCC[C@H](NC(=O)OC(C)(C)C)C2)c(C(=O)OC)c2ncn(CC(=O)c3cccc(OC)c3)c(=O)c21. The van der Waals surface area contributed by atoms with Gasteiger partial charge in [0.1, 0.15) is 33.8 Å². The van der Waals surface area contributed by atoms with Crippen LogP contribution in [0.25, 0.3) is 11.0 Å². The van der Waals surface area contributed by atoms with Crippen LogP contribution in [0.15, 0.2) is 35.4 Å². The Balaban J connectivity index is 1.79. The van der Waals surface area contributed by atoms with Crippen molar-refractivity contribution in [2.24, 2.45) is 0 Å². The van der Waals surface area contributed by atoms with Gasteiger partial charge in [-0.15, -0.1) is 5.92 Å². The highest BCUT2D eigenvalue weighted by Gasteiger charge is 2.33. The fourth-order valence-corrected chi connectivity index (χ4v) is 5.10. The summed E-state index contributed by atoms with van der Waals surface area (Å²) in [6, 6.07) is 6.39. The first-order chi connectivity index (χ1) is 20.5. The van der Waals surface area contributed by atoms with Gasteiger partial charge >= 0.3 is 12.1 Å². The number of carbonyl (C=O) groups is 3. The van der Waals surface area contributed by atoms with Gasteiger partial charge in [0.15, 0.2) is 5.78 Å². The van der Waals surface area contributed by atoms with Crippen LogP contribution in [0.3, 0.4) is 0 Å². The Labute approximate surface area is 249 Å². The minimum absolute atomic E-state index is 0.0880. The van der Waals surface area contributed by atoms with Gasteiger partial charge in [-0.3, -0.25) is 14.2 Å². The number of esters is 1. The largest absolute Gasteiger partial charge is 0.497 e. The van der Waals surface area contributed by atoms with E-state index >= 15 is 0 Å². The van der Waals surface area contributed by atoms with Gasteiger partial charge in [-0.05, 0) is 52.7 Å². The summed E-state index contributed by atoms with van der Waals surface area (Å²) in [5.74, 6) is 5.80. The third-order valence-corrected chi connectivity index (χ3v) is 6.95. The summed E-state index contributed by atoms with van der Waals surface area (Å²) < 4.78 is 18.7. The smallest absolute Gasteiger partial charge is 0.407 e. The Morgan fingerprint density at radius 3 is 2.63 bits per heavy atom. The number of carbonyl (C=O) groups excluding carboxylic acids is 3. The molecule has 1 N–H and O–H groups in total. The molecule has 1 aliphatic rings. The molecule has 0 unspecified atom stereocenters. The first kappa shape index (κ1) is 31.2. The van der Waals surface area contributed by atoms with Crippen LogP contribution in [0, 0.1) is 11.8 Å². The van der Waals surface area contributed by atoms with Gasteiger partial charge in [0.2, 0.25) is 0 Å². The number of hydrogen-bond donors (Lipinski definition) is 1. The van der Waals surface area contributed by atoms with E-state index in [-0.39, 0.29) is 41.5 Å². The Bertz CT molecular complexity index is 1650. The van der Waals surface area contributed by atoms with Crippen molar-refractivity contribution in [2.45, 2.75) is 65.3 Å². The molecule has 1 atom stereocenters. The number of ketones is 1. The maximum absolute atomic E-state index is 13.9. The lowest BCUT2D eigenvalue weighted by Gasteiger charge is -2.35. The molecular weight excluding hydrogens is 554 g/mol. The zero-order chi connectivity index (χ0) is 31.3. The van der Waals surface area contributed by atoms with E-state index in [1.165, 1.54) is 25.1 Å². The first-order valence-corrected chi connectivity index (χ1v) is 14.0. The molecule has 0 saturated carbocycles. The van der Waals surface area contributed by atoms with E-state index in [0.29, 0.717) is 43.1 Å². The van der Waals surface area contributed by atoms with Crippen molar-refractivity contribution in [3.63, 3.8) is 0 Å². The zero-order valence-electron chi connectivity index (χ0n) is 25.4. The van der Waals surface area contributed by atoms with Crippen molar-refractivity contribution >= 4 is 34.7 Å². The van der Waals surface area contributed by atoms with Crippen molar-refractivity contribution in [3.8, 4) is 17.6 Å². The number of ether oxygens (including phenoxy) is 3. The molecule has 3 heterocycles. The predicted octanol–water partition coefficient (Wildman–Crippen LogP) is 3.39. The molecule has 0 aliphatic carbocycles. The minimum Gasteiger partial charge on any atom is -0.497 e. The first-order valence-electron chi connectivity index (χ1n) is 14.0. The number of fused-ring (bicyclic) bond motifs is 1. The average molecular weight is 592 g/mol. The predicted molar refractivity (Wildman–Crippen MR) is 161 cm³/mol. The van der Waals surface area contributed by atoms with Gasteiger partial charge in [-0.1, -0.05) is 18.1 Å². The summed E-state index contributed by atoms with van der Waals surface area (Å²) in [6.07, 6.45) is 2.14. The number of anilines is 1. The van der Waals surface area contributed by atoms with E-state index in [0.717, 1.165) is 0 Å². The molecule has 3 aromatic rings. The number of nitrogens with one attached hydrogen (secondary N) is 1. The lowest BCUT2D eigenvalue weighted by Crippen LogP contribution is -2.49. The molecule has 4 rings (SSSR count). The number of alkyl carbamates (subject to hydrolysis) is 1. The summed E-state index contributed by atoms with van der Waals surface area (Å²) in [5.41, 5.74) is -0.376. The molecule has 12 heteroatoms. The quantitative estimate of drug-likeness (QED) is 0.238. The Morgan fingerprint density at radius 1 is 1.19 bits per heavy atom. The highest BCUT2D eigenvalue weighted by molar-refractivity contribution is 6.08. The van der Waals surface area contributed by atoms with Crippen LogP contribution in [0.4, 0.5) is 10.6 Å². The molecule has 0 spiro atoms. The number of hydrogen-bond acceptors (Lipinski definition) is 9. The molecule has 1 aromatic carbocycles. The lowest BCUT2D eigenvalue weighted by atomic mass is 10.1. The number of aromatic nitrogens is 3. The van der Waals surface area contributed by atoms with Gasteiger partial charge in [0.25, 0.3) is 5.56 Å². The molecule has 12 nitrogen and oxygen atoms in total. The molecule has 1 amide bonds. The highest BCUT2D eigenvalue weighted by atomic mass is 16.6. The molecule has 43 heavy (non-hydrogen) atoms. The monoisotopic (exact) mass is 591 g/mol. The Kier molecular flexibility index (Phi) is 9.43. The van der Waals surface area contributed by atoms with Crippen molar-refractivity contribution in [1.82, 2.24) is 19.4 Å². The number of methoxy groups -OCH3 is 2. The molecule has 1 aliphatic heterocycles. The van der Waals surface area contributed by atoms with E-state index in [4.69, 9.17) is 14.2 Å². The maximum Gasteiger partial charge on any atom is 0.407 e. The molecule has 2 aromatic heterocycles. The normalized spacial score (nSPS) is 14.9. The number of benzene rings is 1. The van der Waals surface area contributed by atoms with Crippen molar-refractivity contribution in [2.75, 3.05) is 32.2 Å². The summed E-state index contributed by atoms with van der Waals surface area (Å²) in [6.45, 7) is 7.77. The van der Waals surface area contributed by atoms with Crippen molar-refractivity contribution in [3.05, 3.63) is 52.1 Å². The van der Waals surface area contributed by atoms with Gasteiger partial charge in [0.05, 0.1) is 33.6 Å². The number of nitrogens with zero attached hydrogens (tertiary/aromatic N) is 4. The second kappa shape index (κ2) is 13.0. The number of rotatable bonds is 8. The number of Topliss-reactive ketones (excluding diaryl/α,β-unsaturated/α-hetero) is 1. The number of piperidine rings is 1. The third-order valence-electron chi connectivity index (χ3n) is 6.95. The third kappa shape index (κ3) is 6.99. The van der Waals surface area contributed by atoms with Gasteiger partial charge in [-0.25, -0.2) is 14.6 Å². The van der Waals surface area contributed by atoms with E-state index in [1.807, 2.05) is 4.90 Å². The molecule has 0 bridgehead atoms. The van der Waals surface area contributed by atoms with Crippen molar-refractivity contribution < 1.29 is 28.6 Å². The zero-order valence-corrected chi connectivity index (χ0v) is 25.4. The van der Waals surface area contributed by atoms with Crippen LogP contribution in [0.2, 0.25) is 0 Å². The van der Waals surface area contributed by atoms with Crippen LogP contribution >= 0.6 is 0 Å². The van der Waals surface area contributed by atoms with E-state index in [1.54, 1.807) is 56.5 Å². The topological polar surface area (TPSA) is 134 Å². The van der Waals surface area contributed by atoms with Gasteiger partial charge in [0, 0.05) is 24.7 Å². The van der Waals surface area contributed by atoms with Gasteiger partial charge < -0.3 is 29.0 Å². The maximum atomic E-state index is 13.9. The number of amides is 1. The van der Waals surface area contributed by atoms with Crippen LogP contribution in [-0.4, -0.2) is 70.9 Å². The van der Waals surface area contributed by atoms with E-state index < -0.39 is 23.2 Å². The summed E-state index contributed by atoms with van der Waals surface area (Å²) in [7, 11) is 2.77. The molecule has 1 saturated heterocycles. The van der Waals surface area contributed by atoms with Crippen LogP contribution in [0.5, 0.6) is 5.75 Å². The fraction of sp³-hybridized carbons (Fsp3) is 0.452. The summed E-state index contributed by atoms with van der Waals surface area (Å²) in [4.78, 5) is 59.2. The van der Waals surface area contributed by atoms with Crippen LogP contribution in [-0.2, 0) is 22.6 Å². The summed E-state index contributed by atoms with van der Waals surface area (Å²) in [5, 5.41) is 2.92. The second-order valence-electron chi connectivity index (χ2n) is 11.2. The van der Waals surface area contributed by atoms with Crippen molar-refractivity contribution in [1.29, 1.82) is 0 Å². The summed E-state index contributed by atoms with van der Waals surface area (Å²) >= 11 is 0. The molecular formula is C31H37N5O7. The standard InChI is InChI=1S/C31H37N5O7/c1-7-8-15-36-26-25(32-19-35(28(26)38)18-23(37)20-11-9-13-22(16-20)41-5)24(29(39)42-6)27(36)34-14-10-12-21(17-34)33-30(40)43-31(2,3)4/h9,11,13,16,19,21H,10,12,14-15,17-18H2,1-6H3,(H,33,40)/t21-/m0/s1. The lowest BCUT2D eigenvalue weighted by molar-refractivity contribution is 0.0498. The van der Waals surface area contributed by atoms with Gasteiger partial charge in [-0.2, -0.15) is 0 Å². The van der Waals surface area contributed by atoms with Crippen LogP contribution < -0.4 is 20.5 Å². The second-order valence-corrected chi connectivity index (χ2v) is 11.2. The molecule has 0 radical (unpaired) electrons. The van der Waals surface area contributed by atoms with E-state index in [2.05, 4.69) is 22.1 Å².